The fourth-order valence-corrected chi connectivity index (χ4v) is 4.08. The monoisotopic (exact) mass is 453 g/mol. The number of halogens is 2. The van der Waals surface area contributed by atoms with Gasteiger partial charge in [-0.25, -0.2) is 13.8 Å². The molecule has 1 saturated heterocycles. The van der Waals surface area contributed by atoms with E-state index in [9.17, 15) is 13.6 Å². The van der Waals surface area contributed by atoms with E-state index >= 15 is 0 Å². The first-order valence-electron chi connectivity index (χ1n) is 10.6. The Morgan fingerprint density at radius 1 is 1.24 bits per heavy atom. The highest BCUT2D eigenvalue weighted by Gasteiger charge is 2.23. The second-order valence-electron chi connectivity index (χ2n) is 8.06. The van der Waals surface area contributed by atoms with Crippen LogP contribution in [0.4, 0.5) is 20.2 Å². The summed E-state index contributed by atoms with van der Waals surface area (Å²) in [6.45, 7) is 1.51. The van der Waals surface area contributed by atoms with Crippen molar-refractivity contribution in [3.8, 4) is 17.0 Å². The number of hydrogen-bond acceptors (Lipinski definition) is 7. The summed E-state index contributed by atoms with van der Waals surface area (Å²) in [5, 5.41) is 0. The molecule has 1 aromatic carbocycles. The first kappa shape index (κ1) is 22.6. The van der Waals surface area contributed by atoms with E-state index in [0.29, 0.717) is 17.9 Å². The number of piperidine rings is 1. The van der Waals surface area contributed by atoms with Gasteiger partial charge in [0.05, 0.1) is 12.8 Å². The number of carbonyl (C=O) groups is 1. The molecule has 1 aliphatic rings. The van der Waals surface area contributed by atoms with E-state index in [1.807, 2.05) is 6.07 Å². The number of nitrogen functional groups attached to an aromatic ring is 1. The van der Waals surface area contributed by atoms with Crippen molar-refractivity contribution in [1.29, 1.82) is 0 Å². The summed E-state index contributed by atoms with van der Waals surface area (Å²) in [6, 6.07) is 6.78. The maximum absolute atomic E-state index is 14.7. The van der Waals surface area contributed by atoms with E-state index in [4.69, 9.17) is 16.2 Å². The lowest BCUT2D eigenvalue weighted by molar-refractivity contribution is 0.0989. The number of Topliss-reactive ketones (excluding diaryl/α,β-unsaturated/α-hetero) is 1. The van der Waals surface area contributed by atoms with Crippen molar-refractivity contribution in [3.05, 3.63) is 65.6 Å². The zero-order chi connectivity index (χ0) is 23.5. The molecular weight excluding hydrogens is 428 g/mol. The minimum Gasteiger partial charge on any atom is -0.497 e. The van der Waals surface area contributed by atoms with Gasteiger partial charge >= 0.3 is 0 Å². The lowest BCUT2D eigenvalue weighted by Crippen LogP contribution is -2.43. The highest BCUT2D eigenvalue weighted by Crippen LogP contribution is 2.31. The maximum Gasteiger partial charge on any atom is 0.187 e. The van der Waals surface area contributed by atoms with Gasteiger partial charge in [-0.15, -0.1) is 0 Å². The topological polar surface area (TPSA) is 107 Å². The number of nitrogens with two attached hydrogens (primary N) is 2. The number of carbonyl (C=O) groups excluding carboxylic acids is 1. The smallest absolute Gasteiger partial charge is 0.187 e. The molecule has 1 fully saturated rings. The largest absolute Gasteiger partial charge is 0.497 e. The van der Waals surface area contributed by atoms with Crippen LogP contribution in [0, 0.1) is 11.6 Å². The Bertz CT molecular complexity index is 1190. The average molecular weight is 453 g/mol. The number of ether oxygens (including phenoxy) is 1. The summed E-state index contributed by atoms with van der Waals surface area (Å²) in [4.78, 5) is 23.6. The molecule has 9 heteroatoms. The Hall–Kier alpha value is -3.59. The van der Waals surface area contributed by atoms with Gasteiger partial charge in [-0.05, 0) is 37.1 Å². The van der Waals surface area contributed by atoms with Crippen LogP contribution in [0.2, 0.25) is 0 Å². The van der Waals surface area contributed by atoms with Crippen LogP contribution in [0.1, 0.15) is 28.9 Å². The van der Waals surface area contributed by atoms with E-state index in [0.717, 1.165) is 37.2 Å². The van der Waals surface area contributed by atoms with Crippen molar-refractivity contribution in [1.82, 2.24) is 9.97 Å². The van der Waals surface area contributed by atoms with Crippen LogP contribution in [-0.4, -0.2) is 42.0 Å². The zero-order valence-electron chi connectivity index (χ0n) is 18.2. The van der Waals surface area contributed by atoms with E-state index in [1.165, 1.54) is 19.2 Å². The molecule has 0 bridgehead atoms. The van der Waals surface area contributed by atoms with Gasteiger partial charge in [-0.3, -0.25) is 9.78 Å². The number of hydrogen-bond donors (Lipinski definition) is 2. The molecule has 3 heterocycles. The van der Waals surface area contributed by atoms with Crippen LogP contribution in [0.3, 0.4) is 0 Å². The molecule has 2 aromatic heterocycles. The molecule has 0 amide bonds. The van der Waals surface area contributed by atoms with Crippen molar-refractivity contribution in [2.45, 2.75) is 25.3 Å². The SMILES string of the molecule is COc1ccc(F)c(-c2nc(C(=O)Cc3cnccc3N3CCC[C@H](N)C3)c(N)cc2F)c1. The molecule has 4 N–H and O–H groups in total. The van der Waals surface area contributed by atoms with Gasteiger partial charge in [0.1, 0.15) is 23.0 Å². The Morgan fingerprint density at radius 3 is 2.82 bits per heavy atom. The molecule has 0 saturated carbocycles. The summed E-state index contributed by atoms with van der Waals surface area (Å²) in [5.41, 5.74) is 12.9. The number of aromatic nitrogens is 2. The van der Waals surface area contributed by atoms with Gasteiger partial charge in [0.2, 0.25) is 0 Å². The van der Waals surface area contributed by atoms with Crippen LogP contribution in [0.5, 0.6) is 5.75 Å². The predicted octanol–water partition coefficient (Wildman–Crippen LogP) is 3.37. The lowest BCUT2D eigenvalue weighted by Gasteiger charge is -2.33. The first-order chi connectivity index (χ1) is 15.9. The van der Waals surface area contributed by atoms with E-state index in [1.54, 1.807) is 12.4 Å². The minimum absolute atomic E-state index is 0.0439. The molecule has 1 aliphatic heterocycles. The molecule has 1 atom stereocenters. The molecule has 3 aromatic rings. The predicted molar refractivity (Wildman–Crippen MR) is 122 cm³/mol. The molecule has 0 spiro atoms. The number of rotatable bonds is 6. The summed E-state index contributed by atoms with van der Waals surface area (Å²) in [5.74, 6) is -1.62. The van der Waals surface area contributed by atoms with E-state index < -0.39 is 17.4 Å². The summed E-state index contributed by atoms with van der Waals surface area (Å²) in [7, 11) is 1.42. The van der Waals surface area contributed by atoms with Gasteiger partial charge in [-0.1, -0.05) is 0 Å². The number of anilines is 2. The fraction of sp³-hybridized carbons (Fsp3) is 0.292. The van der Waals surface area contributed by atoms with Gasteiger partial charge in [0.25, 0.3) is 0 Å². The Kier molecular flexibility index (Phi) is 6.50. The maximum atomic E-state index is 14.7. The summed E-state index contributed by atoms with van der Waals surface area (Å²) >= 11 is 0. The van der Waals surface area contributed by atoms with E-state index in [2.05, 4.69) is 14.9 Å². The van der Waals surface area contributed by atoms with Crippen molar-refractivity contribution < 1.29 is 18.3 Å². The molecule has 4 rings (SSSR count). The van der Waals surface area contributed by atoms with Crippen molar-refractivity contribution in [2.24, 2.45) is 5.73 Å². The van der Waals surface area contributed by atoms with Crippen molar-refractivity contribution in [2.75, 3.05) is 30.8 Å². The number of pyridine rings is 2. The van der Waals surface area contributed by atoms with Crippen molar-refractivity contribution >= 4 is 17.2 Å². The molecule has 7 nitrogen and oxygen atoms in total. The lowest BCUT2D eigenvalue weighted by atomic mass is 10.0. The normalized spacial score (nSPS) is 16.0. The van der Waals surface area contributed by atoms with Crippen LogP contribution in [0.25, 0.3) is 11.3 Å². The second-order valence-corrected chi connectivity index (χ2v) is 8.06. The molecule has 0 radical (unpaired) electrons. The number of ketones is 1. The summed E-state index contributed by atoms with van der Waals surface area (Å²) in [6.07, 6.45) is 5.15. The standard InChI is InChI=1S/C24H25F2N5O2/c1-33-16-4-5-18(25)17(10-16)23-19(26)11-20(28)24(30-23)22(32)9-14-12-29-7-6-21(14)31-8-2-3-15(27)13-31/h4-7,10-12,15H,2-3,8-9,13,27-28H2,1H3/t15-/m0/s1. The average Bonchev–Trinajstić information content (AvgIpc) is 2.80. The third kappa shape index (κ3) is 4.78. The Morgan fingerprint density at radius 2 is 2.06 bits per heavy atom. The van der Waals surface area contributed by atoms with Gasteiger partial charge in [-0.2, -0.15) is 0 Å². The zero-order valence-corrected chi connectivity index (χ0v) is 18.2. The number of nitrogens with zero attached hydrogens (tertiary/aromatic N) is 3. The highest BCUT2D eigenvalue weighted by atomic mass is 19.1. The van der Waals surface area contributed by atoms with Crippen LogP contribution in [0.15, 0.2) is 42.7 Å². The highest BCUT2D eigenvalue weighted by molar-refractivity contribution is 6.01. The van der Waals surface area contributed by atoms with Crippen molar-refractivity contribution in [3.63, 3.8) is 0 Å². The van der Waals surface area contributed by atoms with Gasteiger partial charge in [0, 0.05) is 60.8 Å². The van der Waals surface area contributed by atoms with Crippen LogP contribution in [-0.2, 0) is 6.42 Å². The third-order valence-electron chi connectivity index (χ3n) is 5.73. The number of methoxy groups -OCH3 is 1. The number of benzene rings is 1. The first-order valence-corrected chi connectivity index (χ1v) is 10.6. The molecule has 172 valence electrons. The second kappa shape index (κ2) is 9.50. The van der Waals surface area contributed by atoms with E-state index in [-0.39, 0.29) is 35.1 Å². The molecule has 33 heavy (non-hydrogen) atoms. The van der Waals surface area contributed by atoms with Crippen LogP contribution < -0.4 is 21.1 Å². The third-order valence-corrected chi connectivity index (χ3v) is 5.73. The van der Waals surface area contributed by atoms with Gasteiger partial charge < -0.3 is 21.1 Å². The van der Waals surface area contributed by atoms with Crippen LogP contribution >= 0.6 is 0 Å². The summed E-state index contributed by atoms with van der Waals surface area (Å²) < 4.78 is 34.2. The van der Waals surface area contributed by atoms with Gasteiger partial charge in [0.15, 0.2) is 11.6 Å². The Balaban J connectivity index is 1.67. The minimum atomic E-state index is -0.833. The fourth-order valence-electron chi connectivity index (χ4n) is 4.08. The quantitative estimate of drug-likeness (QED) is 0.551. The molecule has 0 aliphatic carbocycles. The Labute approximate surface area is 190 Å². The molecular formula is C24H25F2N5O2. The molecule has 0 unspecified atom stereocenters.